The molecule has 1 saturated carbocycles. The average Bonchev–Trinajstić information content (AvgIpc) is 2.45. The van der Waals surface area contributed by atoms with Crippen LogP contribution in [0.2, 0.25) is 0 Å². The molecule has 0 aromatic heterocycles. The van der Waals surface area contributed by atoms with Crippen LogP contribution in [0, 0.1) is 0 Å². The summed E-state index contributed by atoms with van der Waals surface area (Å²) in [6.45, 7) is 8.68. The minimum atomic E-state index is -0.479. The fourth-order valence-electron chi connectivity index (χ4n) is 2.88. The number of ether oxygens (including phenoxy) is 2. The van der Waals surface area contributed by atoms with E-state index in [1.54, 1.807) is 0 Å². The van der Waals surface area contributed by atoms with Gasteiger partial charge in [-0.25, -0.2) is 15.2 Å². The zero-order valence-corrected chi connectivity index (χ0v) is 13.6. The molecule has 1 aliphatic carbocycles. The molecule has 1 heterocycles. The number of carbonyl (C=O) groups excluding carboxylic acids is 1. The molecule has 1 aliphatic heterocycles. The molecule has 2 rings (SSSR count). The van der Waals surface area contributed by atoms with Gasteiger partial charge in [-0.2, -0.15) is 0 Å². The van der Waals surface area contributed by atoms with Gasteiger partial charge in [0.1, 0.15) is 5.60 Å². The van der Waals surface area contributed by atoms with Crippen LogP contribution in [0.1, 0.15) is 52.9 Å². The van der Waals surface area contributed by atoms with Gasteiger partial charge in [0, 0.05) is 19.1 Å². The number of morpholine rings is 1. The fraction of sp³-hybridized carbons (Fsp3) is 0.933. The maximum absolute atomic E-state index is 12.1. The highest BCUT2D eigenvalue weighted by molar-refractivity contribution is 5.67. The minimum Gasteiger partial charge on any atom is -0.443 e. The van der Waals surface area contributed by atoms with Gasteiger partial charge in [0.2, 0.25) is 0 Å². The van der Waals surface area contributed by atoms with Gasteiger partial charge in [0.25, 0.3) is 0 Å². The minimum absolute atomic E-state index is 0.365. The molecule has 0 bridgehead atoms. The predicted molar refractivity (Wildman–Crippen MR) is 80.5 cm³/mol. The Labute approximate surface area is 127 Å². The molecule has 0 radical (unpaired) electrons. The molecule has 0 aromatic rings. The van der Waals surface area contributed by atoms with Gasteiger partial charge < -0.3 is 9.47 Å². The lowest BCUT2D eigenvalue weighted by molar-refractivity contribution is -0.147. The van der Waals surface area contributed by atoms with Crippen LogP contribution >= 0.6 is 0 Å². The number of carbonyl (C=O) groups is 1. The molecule has 122 valence electrons. The molecule has 1 amide bonds. The second kappa shape index (κ2) is 7.42. The maximum Gasteiger partial charge on any atom is 0.423 e. The van der Waals surface area contributed by atoms with E-state index in [9.17, 15) is 4.79 Å². The first-order valence-electron chi connectivity index (χ1n) is 8.07. The van der Waals surface area contributed by atoms with Gasteiger partial charge in [-0.05, 0) is 33.6 Å². The zero-order chi connectivity index (χ0) is 15.3. The van der Waals surface area contributed by atoms with Crippen LogP contribution in [-0.4, -0.2) is 54.2 Å². The molecule has 2 aliphatic rings. The van der Waals surface area contributed by atoms with E-state index < -0.39 is 5.60 Å². The summed E-state index contributed by atoms with van der Waals surface area (Å²) in [5, 5.41) is 4.19. The Hall–Kier alpha value is -0.850. The number of nitrogens with zero attached hydrogens (tertiary/aromatic N) is 2. The van der Waals surface area contributed by atoms with Crippen LogP contribution in [0.3, 0.4) is 0 Å². The van der Waals surface area contributed by atoms with E-state index in [0.717, 1.165) is 25.9 Å². The van der Waals surface area contributed by atoms with E-state index >= 15 is 0 Å². The van der Waals surface area contributed by atoms with Crippen molar-refractivity contribution in [1.82, 2.24) is 15.6 Å². The van der Waals surface area contributed by atoms with Gasteiger partial charge in [-0.15, -0.1) is 5.12 Å². The Bertz CT molecular complexity index is 314. The maximum atomic E-state index is 12.1. The van der Waals surface area contributed by atoms with Crippen molar-refractivity contribution in [2.45, 2.75) is 64.5 Å². The topological polar surface area (TPSA) is 54.0 Å². The SMILES string of the molecule is CC(C)(C)OC(=O)NN(C1CCCCC1)N1CCOCC1. The van der Waals surface area contributed by atoms with E-state index in [0.29, 0.717) is 19.3 Å². The standard InChI is InChI=1S/C15H29N3O3/c1-15(2,3)21-14(19)16-18(13-7-5-4-6-8-13)17-9-11-20-12-10-17/h13H,4-12H2,1-3H3,(H,16,19). The molecular formula is C15H29N3O3. The van der Waals surface area contributed by atoms with Crippen molar-refractivity contribution in [3.63, 3.8) is 0 Å². The van der Waals surface area contributed by atoms with Crippen molar-refractivity contribution in [3.05, 3.63) is 0 Å². The molecule has 6 heteroatoms. The molecular weight excluding hydrogens is 270 g/mol. The fourth-order valence-corrected chi connectivity index (χ4v) is 2.88. The third-order valence-electron chi connectivity index (χ3n) is 3.82. The summed E-state index contributed by atoms with van der Waals surface area (Å²) >= 11 is 0. The Balaban J connectivity index is 1.98. The summed E-state index contributed by atoms with van der Waals surface area (Å²) in [5.74, 6) is 0. The van der Waals surface area contributed by atoms with Crippen LogP contribution in [0.4, 0.5) is 4.79 Å². The zero-order valence-electron chi connectivity index (χ0n) is 13.6. The number of rotatable bonds is 3. The van der Waals surface area contributed by atoms with E-state index in [1.807, 2.05) is 25.9 Å². The molecule has 0 aromatic carbocycles. The molecule has 0 atom stereocenters. The lowest BCUT2D eigenvalue weighted by Crippen LogP contribution is -2.61. The third kappa shape index (κ3) is 5.45. The largest absolute Gasteiger partial charge is 0.443 e. The van der Waals surface area contributed by atoms with Gasteiger partial charge in [0.05, 0.1) is 13.2 Å². The van der Waals surface area contributed by atoms with Crippen molar-refractivity contribution < 1.29 is 14.3 Å². The lowest BCUT2D eigenvalue weighted by atomic mass is 9.96. The molecule has 6 nitrogen and oxygen atoms in total. The Kier molecular flexibility index (Phi) is 5.84. The van der Waals surface area contributed by atoms with Crippen LogP contribution < -0.4 is 5.43 Å². The highest BCUT2D eigenvalue weighted by atomic mass is 16.6. The monoisotopic (exact) mass is 299 g/mol. The van der Waals surface area contributed by atoms with Crippen LogP contribution in [-0.2, 0) is 9.47 Å². The smallest absolute Gasteiger partial charge is 0.423 e. The van der Waals surface area contributed by atoms with Crippen molar-refractivity contribution in [1.29, 1.82) is 0 Å². The molecule has 1 N–H and O–H groups in total. The second-order valence-corrected chi connectivity index (χ2v) is 6.82. The molecule has 2 fully saturated rings. The van der Waals surface area contributed by atoms with Crippen molar-refractivity contribution in [2.24, 2.45) is 0 Å². The van der Waals surface area contributed by atoms with E-state index in [1.165, 1.54) is 19.3 Å². The highest BCUT2D eigenvalue weighted by Crippen LogP contribution is 2.23. The third-order valence-corrected chi connectivity index (χ3v) is 3.82. The average molecular weight is 299 g/mol. The van der Waals surface area contributed by atoms with Crippen LogP contribution in [0.5, 0.6) is 0 Å². The van der Waals surface area contributed by atoms with Crippen molar-refractivity contribution in [3.8, 4) is 0 Å². The molecule has 0 spiro atoms. The number of hydrogen-bond acceptors (Lipinski definition) is 5. The van der Waals surface area contributed by atoms with E-state index in [-0.39, 0.29) is 6.09 Å². The quantitative estimate of drug-likeness (QED) is 0.811. The second-order valence-electron chi connectivity index (χ2n) is 6.82. The van der Waals surface area contributed by atoms with Gasteiger partial charge in [-0.1, -0.05) is 19.3 Å². The predicted octanol–water partition coefficient (Wildman–Crippen LogP) is 2.31. The first-order valence-corrected chi connectivity index (χ1v) is 8.07. The summed E-state index contributed by atoms with van der Waals surface area (Å²) in [6.07, 6.45) is 5.60. The Morgan fingerprint density at radius 2 is 1.81 bits per heavy atom. The van der Waals surface area contributed by atoms with Crippen LogP contribution in [0.25, 0.3) is 0 Å². The number of hydrazine groups is 2. The normalized spacial score (nSPS) is 22.3. The summed E-state index contributed by atoms with van der Waals surface area (Å²) < 4.78 is 10.8. The van der Waals surface area contributed by atoms with Crippen molar-refractivity contribution >= 4 is 6.09 Å². The first kappa shape index (κ1) is 16.5. The molecule has 21 heavy (non-hydrogen) atoms. The molecule has 0 unspecified atom stereocenters. The van der Waals surface area contributed by atoms with Crippen molar-refractivity contribution in [2.75, 3.05) is 26.3 Å². The molecule has 1 saturated heterocycles. The first-order chi connectivity index (χ1) is 9.96. The van der Waals surface area contributed by atoms with E-state index in [4.69, 9.17) is 9.47 Å². The number of amides is 1. The lowest BCUT2D eigenvalue weighted by Gasteiger charge is -2.43. The van der Waals surface area contributed by atoms with Gasteiger partial charge in [-0.3, -0.25) is 0 Å². The van der Waals surface area contributed by atoms with E-state index in [2.05, 4.69) is 10.4 Å². The summed E-state index contributed by atoms with van der Waals surface area (Å²) in [5.41, 5.74) is 2.48. The summed E-state index contributed by atoms with van der Waals surface area (Å²) in [7, 11) is 0. The highest BCUT2D eigenvalue weighted by Gasteiger charge is 2.30. The summed E-state index contributed by atoms with van der Waals surface area (Å²) in [6, 6.07) is 0.365. The number of hydrogen-bond donors (Lipinski definition) is 1. The van der Waals surface area contributed by atoms with Gasteiger partial charge >= 0.3 is 6.09 Å². The van der Waals surface area contributed by atoms with Gasteiger partial charge in [0.15, 0.2) is 0 Å². The number of nitrogens with one attached hydrogen (secondary N) is 1. The van der Waals surface area contributed by atoms with Crippen LogP contribution in [0.15, 0.2) is 0 Å². The summed E-state index contributed by atoms with van der Waals surface area (Å²) in [4.78, 5) is 12.1. The Morgan fingerprint density at radius 3 is 2.38 bits per heavy atom. The Morgan fingerprint density at radius 1 is 1.19 bits per heavy atom.